The molecule has 0 radical (unpaired) electrons. The summed E-state index contributed by atoms with van der Waals surface area (Å²) >= 11 is 0. The average molecular weight is 244 g/mol. The van der Waals surface area contributed by atoms with Crippen molar-refractivity contribution in [1.82, 2.24) is 5.32 Å². The SMILES string of the molecule is CNC(COC)C(=O)c1ccc(C)cc1.Cl. The molecule has 0 saturated heterocycles. The van der Waals surface area contributed by atoms with E-state index >= 15 is 0 Å². The molecule has 4 heteroatoms. The Kier molecular flexibility index (Phi) is 6.97. The monoisotopic (exact) mass is 243 g/mol. The summed E-state index contributed by atoms with van der Waals surface area (Å²) < 4.78 is 4.98. The Morgan fingerprint density at radius 1 is 1.38 bits per heavy atom. The minimum atomic E-state index is -0.266. The lowest BCUT2D eigenvalue weighted by Crippen LogP contribution is -2.38. The van der Waals surface area contributed by atoms with Crippen molar-refractivity contribution in [3.8, 4) is 0 Å². The van der Waals surface area contributed by atoms with Crippen molar-refractivity contribution < 1.29 is 9.53 Å². The first-order chi connectivity index (χ1) is 7.19. The smallest absolute Gasteiger partial charge is 0.182 e. The number of rotatable bonds is 5. The predicted octanol–water partition coefficient (Wildman–Crippen LogP) is 1.83. The fourth-order valence-electron chi connectivity index (χ4n) is 1.38. The molecule has 0 aliphatic heterocycles. The number of methoxy groups -OCH3 is 1. The maximum Gasteiger partial charge on any atom is 0.182 e. The van der Waals surface area contributed by atoms with Gasteiger partial charge in [0.2, 0.25) is 0 Å². The highest BCUT2D eigenvalue weighted by molar-refractivity contribution is 6.00. The lowest BCUT2D eigenvalue weighted by atomic mass is 10.0. The molecule has 0 aliphatic rings. The molecule has 1 aromatic carbocycles. The molecule has 16 heavy (non-hydrogen) atoms. The molecule has 1 unspecified atom stereocenters. The molecule has 1 rings (SSSR count). The fourth-order valence-corrected chi connectivity index (χ4v) is 1.38. The van der Waals surface area contributed by atoms with E-state index in [0.29, 0.717) is 6.61 Å². The lowest BCUT2D eigenvalue weighted by Gasteiger charge is -2.13. The zero-order chi connectivity index (χ0) is 11.3. The van der Waals surface area contributed by atoms with Gasteiger partial charge in [-0.2, -0.15) is 0 Å². The van der Waals surface area contributed by atoms with E-state index in [1.807, 2.05) is 31.2 Å². The minimum Gasteiger partial charge on any atom is -0.383 e. The van der Waals surface area contributed by atoms with E-state index in [1.54, 1.807) is 14.2 Å². The Bertz CT molecular complexity index is 324. The molecule has 90 valence electrons. The summed E-state index contributed by atoms with van der Waals surface area (Å²) in [5, 5.41) is 2.94. The summed E-state index contributed by atoms with van der Waals surface area (Å²) in [4.78, 5) is 11.9. The van der Waals surface area contributed by atoms with Crippen molar-refractivity contribution >= 4 is 18.2 Å². The van der Waals surface area contributed by atoms with Gasteiger partial charge in [0.1, 0.15) is 0 Å². The van der Waals surface area contributed by atoms with Crippen LogP contribution in [0, 0.1) is 6.92 Å². The third kappa shape index (κ3) is 3.93. The van der Waals surface area contributed by atoms with Gasteiger partial charge in [0.25, 0.3) is 0 Å². The first kappa shape index (κ1) is 15.1. The number of Topliss-reactive ketones (excluding diaryl/α,β-unsaturated/α-hetero) is 1. The van der Waals surface area contributed by atoms with Crippen molar-refractivity contribution in [3.63, 3.8) is 0 Å². The van der Waals surface area contributed by atoms with Crippen molar-refractivity contribution in [3.05, 3.63) is 35.4 Å². The zero-order valence-electron chi connectivity index (χ0n) is 9.82. The number of carbonyl (C=O) groups is 1. The van der Waals surface area contributed by atoms with Gasteiger partial charge in [0, 0.05) is 12.7 Å². The number of nitrogens with one attached hydrogen (secondary N) is 1. The number of hydrogen-bond acceptors (Lipinski definition) is 3. The second kappa shape index (κ2) is 7.39. The van der Waals surface area contributed by atoms with Gasteiger partial charge in [-0.15, -0.1) is 12.4 Å². The molecule has 3 nitrogen and oxygen atoms in total. The summed E-state index contributed by atoms with van der Waals surface area (Å²) in [5.41, 5.74) is 1.87. The van der Waals surface area contributed by atoms with Crippen molar-refractivity contribution in [2.24, 2.45) is 0 Å². The summed E-state index contributed by atoms with van der Waals surface area (Å²) in [6, 6.07) is 7.30. The normalized spacial score (nSPS) is 11.7. The van der Waals surface area contributed by atoms with Gasteiger partial charge in [0.15, 0.2) is 5.78 Å². The maximum absolute atomic E-state index is 11.9. The molecule has 0 spiro atoms. The quantitative estimate of drug-likeness (QED) is 0.802. The third-order valence-electron chi connectivity index (χ3n) is 2.33. The van der Waals surface area contributed by atoms with Crippen molar-refractivity contribution in [1.29, 1.82) is 0 Å². The average Bonchev–Trinajstić information content (AvgIpc) is 2.26. The molecular weight excluding hydrogens is 226 g/mol. The Labute approximate surface area is 103 Å². The van der Waals surface area contributed by atoms with Crippen LogP contribution in [0.3, 0.4) is 0 Å². The Morgan fingerprint density at radius 3 is 2.38 bits per heavy atom. The van der Waals surface area contributed by atoms with E-state index in [0.717, 1.165) is 11.1 Å². The van der Waals surface area contributed by atoms with Crippen LogP contribution in [0.1, 0.15) is 15.9 Å². The van der Waals surface area contributed by atoms with E-state index in [4.69, 9.17) is 4.74 Å². The number of benzene rings is 1. The third-order valence-corrected chi connectivity index (χ3v) is 2.33. The number of halogens is 1. The number of hydrogen-bond donors (Lipinski definition) is 1. The van der Waals surface area contributed by atoms with E-state index in [9.17, 15) is 4.79 Å². The van der Waals surface area contributed by atoms with Crippen LogP contribution >= 0.6 is 12.4 Å². The van der Waals surface area contributed by atoms with Crippen molar-refractivity contribution in [2.45, 2.75) is 13.0 Å². The van der Waals surface area contributed by atoms with E-state index < -0.39 is 0 Å². The van der Waals surface area contributed by atoms with Crippen LogP contribution in [0.15, 0.2) is 24.3 Å². The van der Waals surface area contributed by atoms with Crippen LogP contribution in [0.25, 0.3) is 0 Å². The van der Waals surface area contributed by atoms with Gasteiger partial charge in [-0.05, 0) is 14.0 Å². The van der Waals surface area contributed by atoms with Crippen LogP contribution in [-0.2, 0) is 4.74 Å². The van der Waals surface area contributed by atoms with Gasteiger partial charge < -0.3 is 10.1 Å². The van der Waals surface area contributed by atoms with E-state index in [2.05, 4.69) is 5.32 Å². The Balaban J connectivity index is 0.00000225. The number of ketones is 1. The first-order valence-electron chi connectivity index (χ1n) is 4.96. The van der Waals surface area contributed by atoms with Gasteiger partial charge in [-0.25, -0.2) is 0 Å². The summed E-state index contributed by atoms with van der Waals surface area (Å²) in [6.07, 6.45) is 0. The van der Waals surface area contributed by atoms with Crippen LogP contribution in [0.4, 0.5) is 0 Å². The van der Waals surface area contributed by atoms with Gasteiger partial charge in [-0.3, -0.25) is 4.79 Å². The van der Waals surface area contributed by atoms with Crippen molar-refractivity contribution in [2.75, 3.05) is 20.8 Å². The molecule has 0 saturated carbocycles. The van der Waals surface area contributed by atoms with Crippen LogP contribution in [-0.4, -0.2) is 32.6 Å². The molecule has 1 N–H and O–H groups in total. The summed E-state index contributed by atoms with van der Waals surface area (Å²) in [5.74, 6) is 0.0688. The first-order valence-corrected chi connectivity index (χ1v) is 4.96. The summed E-state index contributed by atoms with van der Waals surface area (Å²) in [7, 11) is 3.35. The number of likely N-dealkylation sites (N-methyl/N-ethyl adjacent to an activating group) is 1. The number of carbonyl (C=O) groups excluding carboxylic acids is 1. The fraction of sp³-hybridized carbons (Fsp3) is 0.417. The highest BCUT2D eigenvalue weighted by Crippen LogP contribution is 2.06. The Hall–Kier alpha value is -0.900. The molecule has 0 aliphatic carbocycles. The summed E-state index contributed by atoms with van der Waals surface area (Å²) in [6.45, 7) is 2.39. The number of ether oxygens (including phenoxy) is 1. The molecule has 0 amide bonds. The molecule has 1 atom stereocenters. The van der Waals surface area contributed by atoms with Crippen LogP contribution < -0.4 is 5.32 Å². The largest absolute Gasteiger partial charge is 0.383 e. The molecule has 0 fully saturated rings. The van der Waals surface area contributed by atoms with Gasteiger partial charge in [0.05, 0.1) is 12.6 Å². The molecular formula is C12H18ClNO2. The minimum absolute atomic E-state index is 0. The molecule has 1 aromatic rings. The molecule has 0 heterocycles. The highest BCUT2D eigenvalue weighted by atomic mass is 35.5. The second-order valence-corrected chi connectivity index (χ2v) is 3.53. The Morgan fingerprint density at radius 2 is 1.94 bits per heavy atom. The lowest BCUT2D eigenvalue weighted by molar-refractivity contribution is 0.0865. The van der Waals surface area contributed by atoms with E-state index in [-0.39, 0.29) is 24.2 Å². The van der Waals surface area contributed by atoms with Crippen LogP contribution in [0.5, 0.6) is 0 Å². The molecule has 0 aromatic heterocycles. The van der Waals surface area contributed by atoms with E-state index in [1.165, 1.54) is 0 Å². The zero-order valence-corrected chi connectivity index (χ0v) is 10.6. The topological polar surface area (TPSA) is 38.3 Å². The van der Waals surface area contributed by atoms with Gasteiger partial charge >= 0.3 is 0 Å². The number of aryl methyl sites for hydroxylation is 1. The second-order valence-electron chi connectivity index (χ2n) is 3.53. The predicted molar refractivity (Wildman–Crippen MR) is 67.5 cm³/mol. The van der Waals surface area contributed by atoms with Gasteiger partial charge in [-0.1, -0.05) is 29.8 Å². The molecule has 0 bridgehead atoms. The standard InChI is InChI=1S/C12H17NO2.ClH/c1-9-4-6-10(7-5-9)12(14)11(13-2)8-15-3;/h4-7,11,13H,8H2,1-3H3;1H. The highest BCUT2D eigenvalue weighted by Gasteiger charge is 2.17. The van der Waals surface area contributed by atoms with Crippen LogP contribution in [0.2, 0.25) is 0 Å². The maximum atomic E-state index is 11.9.